The molecule has 0 saturated carbocycles. The van der Waals surface area contributed by atoms with E-state index in [1.165, 1.54) is 18.4 Å². The van der Waals surface area contributed by atoms with E-state index in [1.807, 2.05) is 24.3 Å². The van der Waals surface area contributed by atoms with E-state index in [0.717, 1.165) is 44.3 Å². The van der Waals surface area contributed by atoms with Crippen molar-refractivity contribution in [2.24, 2.45) is 4.99 Å². The molecule has 2 unspecified atom stereocenters. The zero-order chi connectivity index (χ0) is 20.3. The molecule has 2 atom stereocenters. The van der Waals surface area contributed by atoms with Crippen LogP contribution in [0.3, 0.4) is 0 Å². The van der Waals surface area contributed by atoms with E-state index in [1.54, 1.807) is 13.3 Å². The molecule has 2 aromatic rings. The summed E-state index contributed by atoms with van der Waals surface area (Å²) < 4.78 is 11.6. The third-order valence-electron chi connectivity index (χ3n) is 5.39. The van der Waals surface area contributed by atoms with Crippen molar-refractivity contribution in [3.63, 3.8) is 0 Å². The van der Waals surface area contributed by atoms with Crippen LogP contribution < -0.4 is 10.6 Å². The molecule has 6 heteroatoms. The number of nitrogens with one attached hydrogen (secondary N) is 2. The van der Waals surface area contributed by atoms with Gasteiger partial charge in [0.25, 0.3) is 0 Å². The van der Waals surface area contributed by atoms with Crippen molar-refractivity contribution in [3.05, 3.63) is 60.1 Å². The Hall–Kier alpha value is -2.31. The van der Waals surface area contributed by atoms with E-state index in [9.17, 15) is 0 Å². The monoisotopic (exact) mass is 398 g/mol. The van der Waals surface area contributed by atoms with Crippen molar-refractivity contribution in [3.8, 4) is 0 Å². The minimum atomic E-state index is 0.114. The third kappa shape index (κ3) is 6.61. The van der Waals surface area contributed by atoms with Crippen LogP contribution >= 0.6 is 0 Å². The summed E-state index contributed by atoms with van der Waals surface area (Å²) in [6, 6.07) is 14.6. The van der Waals surface area contributed by atoms with Crippen molar-refractivity contribution in [2.45, 2.75) is 38.3 Å². The predicted molar refractivity (Wildman–Crippen MR) is 117 cm³/mol. The highest BCUT2D eigenvalue weighted by Crippen LogP contribution is 2.24. The van der Waals surface area contributed by atoms with Crippen LogP contribution in [0.5, 0.6) is 0 Å². The number of hydrogen-bond donors (Lipinski definition) is 2. The average molecular weight is 399 g/mol. The molecule has 1 aromatic heterocycles. The van der Waals surface area contributed by atoms with Crippen LogP contribution in [0.25, 0.3) is 0 Å². The number of likely N-dealkylation sites (tertiary alicyclic amines) is 1. The number of nitrogens with zero attached hydrogens (tertiary/aromatic N) is 2. The number of guanidine groups is 1. The molecule has 6 nitrogen and oxygen atoms in total. The van der Waals surface area contributed by atoms with Crippen LogP contribution in [0.1, 0.15) is 49.7 Å². The van der Waals surface area contributed by atoms with Crippen molar-refractivity contribution in [2.75, 3.05) is 39.8 Å². The van der Waals surface area contributed by atoms with Gasteiger partial charge in [-0.15, -0.1) is 0 Å². The molecule has 0 bridgehead atoms. The van der Waals surface area contributed by atoms with Gasteiger partial charge in [-0.1, -0.05) is 30.3 Å². The van der Waals surface area contributed by atoms with E-state index in [0.29, 0.717) is 6.61 Å². The second kappa shape index (κ2) is 11.6. The fourth-order valence-electron chi connectivity index (χ4n) is 3.72. The second-order valence-electron chi connectivity index (χ2n) is 7.43. The van der Waals surface area contributed by atoms with E-state index >= 15 is 0 Å². The topological polar surface area (TPSA) is 62.0 Å². The van der Waals surface area contributed by atoms with Gasteiger partial charge in [0.05, 0.1) is 18.4 Å². The molecule has 0 spiro atoms. The molecule has 3 rings (SSSR count). The number of hydrogen-bond acceptors (Lipinski definition) is 4. The van der Waals surface area contributed by atoms with Gasteiger partial charge in [-0.3, -0.25) is 9.89 Å². The fraction of sp³-hybridized carbons (Fsp3) is 0.522. The molecule has 158 valence electrons. The Labute approximate surface area is 174 Å². The van der Waals surface area contributed by atoms with Crippen LogP contribution in [0.15, 0.2) is 58.1 Å². The van der Waals surface area contributed by atoms with E-state index < -0.39 is 0 Å². The van der Waals surface area contributed by atoms with Gasteiger partial charge in [0.1, 0.15) is 5.76 Å². The first-order valence-electron chi connectivity index (χ1n) is 10.7. The highest BCUT2D eigenvalue weighted by atomic mass is 16.5. The summed E-state index contributed by atoms with van der Waals surface area (Å²) in [6.07, 6.45) is 5.30. The van der Waals surface area contributed by atoms with E-state index in [2.05, 4.69) is 45.6 Å². The normalized spacial score (nSPS) is 17.2. The van der Waals surface area contributed by atoms with Crippen LogP contribution in [0.2, 0.25) is 0 Å². The van der Waals surface area contributed by atoms with Gasteiger partial charge in [0, 0.05) is 26.7 Å². The minimum Gasteiger partial charge on any atom is -0.468 e. The van der Waals surface area contributed by atoms with Gasteiger partial charge in [0.15, 0.2) is 5.96 Å². The number of aliphatic imine (C=N–C) groups is 1. The van der Waals surface area contributed by atoms with Gasteiger partial charge in [-0.25, -0.2) is 0 Å². The molecule has 1 aliphatic rings. The second-order valence-corrected chi connectivity index (χ2v) is 7.43. The number of ether oxygens (including phenoxy) is 1. The molecule has 0 aliphatic carbocycles. The lowest BCUT2D eigenvalue weighted by Crippen LogP contribution is -2.43. The molecular formula is C23H34N4O2. The van der Waals surface area contributed by atoms with E-state index in [4.69, 9.17) is 9.15 Å². The first kappa shape index (κ1) is 21.4. The van der Waals surface area contributed by atoms with Gasteiger partial charge in [0.2, 0.25) is 0 Å². The summed E-state index contributed by atoms with van der Waals surface area (Å²) in [5, 5.41) is 6.84. The lowest BCUT2D eigenvalue weighted by Gasteiger charge is -2.26. The highest BCUT2D eigenvalue weighted by Gasteiger charge is 2.25. The summed E-state index contributed by atoms with van der Waals surface area (Å²) in [5.41, 5.74) is 1.21. The molecule has 1 fully saturated rings. The summed E-state index contributed by atoms with van der Waals surface area (Å²) in [4.78, 5) is 6.84. The quantitative estimate of drug-likeness (QED) is 0.363. The maximum Gasteiger partial charge on any atom is 0.191 e. The van der Waals surface area contributed by atoms with Crippen molar-refractivity contribution < 1.29 is 9.15 Å². The summed E-state index contributed by atoms with van der Waals surface area (Å²) in [6.45, 7) is 6.64. The lowest BCUT2D eigenvalue weighted by atomic mass is 10.1. The first-order valence-corrected chi connectivity index (χ1v) is 10.7. The molecule has 0 amide bonds. The third-order valence-corrected chi connectivity index (χ3v) is 5.39. The fourth-order valence-corrected chi connectivity index (χ4v) is 3.72. The predicted octanol–water partition coefficient (Wildman–Crippen LogP) is 3.75. The van der Waals surface area contributed by atoms with Gasteiger partial charge in [-0.2, -0.15) is 0 Å². The Morgan fingerprint density at radius 1 is 1.14 bits per heavy atom. The maximum atomic E-state index is 5.94. The molecule has 1 saturated heterocycles. The summed E-state index contributed by atoms with van der Waals surface area (Å²) in [5.74, 6) is 1.83. The Balaban J connectivity index is 1.37. The molecule has 2 N–H and O–H groups in total. The largest absolute Gasteiger partial charge is 0.468 e. The zero-order valence-electron chi connectivity index (χ0n) is 17.6. The minimum absolute atomic E-state index is 0.114. The average Bonchev–Trinajstić information content (AvgIpc) is 3.47. The van der Waals surface area contributed by atoms with Gasteiger partial charge in [-0.05, 0) is 57.0 Å². The number of furan rings is 1. The lowest BCUT2D eigenvalue weighted by molar-refractivity contribution is 0.0646. The van der Waals surface area contributed by atoms with Crippen LogP contribution in [-0.2, 0) is 4.74 Å². The van der Waals surface area contributed by atoms with E-state index in [-0.39, 0.29) is 12.1 Å². The highest BCUT2D eigenvalue weighted by molar-refractivity contribution is 5.79. The van der Waals surface area contributed by atoms with Crippen LogP contribution in [0, 0.1) is 0 Å². The molecule has 1 aromatic carbocycles. The maximum absolute atomic E-state index is 5.94. The molecule has 1 aliphatic heterocycles. The number of benzene rings is 1. The number of rotatable bonds is 10. The zero-order valence-corrected chi connectivity index (χ0v) is 17.6. The van der Waals surface area contributed by atoms with Crippen LogP contribution in [0.4, 0.5) is 0 Å². The van der Waals surface area contributed by atoms with Crippen LogP contribution in [-0.4, -0.2) is 50.7 Å². The van der Waals surface area contributed by atoms with Crippen molar-refractivity contribution in [1.29, 1.82) is 0 Å². The summed E-state index contributed by atoms with van der Waals surface area (Å²) in [7, 11) is 1.81. The molecule has 0 radical (unpaired) electrons. The summed E-state index contributed by atoms with van der Waals surface area (Å²) >= 11 is 0. The first-order chi connectivity index (χ1) is 14.3. The van der Waals surface area contributed by atoms with Gasteiger partial charge >= 0.3 is 0 Å². The molecule has 29 heavy (non-hydrogen) atoms. The van der Waals surface area contributed by atoms with Crippen molar-refractivity contribution >= 4 is 5.96 Å². The Morgan fingerprint density at radius 3 is 2.62 bits per heavy atom. The Kier molecular flexibility index (Phi) is 8.58. The Morgan fingerprint density at radius 2 is 1.93 bits per heavy atom. The van der Waals surface area contributed by atoms with Crippen molar-refractivity contribution in [1.82, 2.24) is 15.5 Å². The standard InChI is InChI=1S/C23H34N4O2/c1-19(20-10-4-3-5-11-20)28-17-9-13-25-23(24-2)26-18-21(22-12-8-16-29-22)27-14-6-7-15-27/h3-5,8,10-12,16,19,21H,6-7,9,13-15,17-18H2,1-2H3,(H2,24,25,26). The molecular weight excluding hydrogens is 364 g/mol. The SMILES string of the molecule is CN=C(NCCCOC(C)c1ccccc1)NCC(c1ccco1)N1CCCC1. The van der Waals surface area contributed by atoms with Gasteiger partial charge < -0.3 is 19.8 Å². The Bertz CT molecular complexity index is 712. The smallest absolute Gasteiger partial charge is 0.191 e. The molecule has 2 heterocycles.